The van der Waals surface area contributed by atoms with Gasteiger partial charge in [0.2, 0.25) is 0 Å². The molecule has 2 rings (SSSR count). The normalized spacial score (nSPS) is 24.2. The predicted molar refractivity (Wildman–Crippen MR) is 59.5 cm³/mol. The average Bonchev–Trinajstić information content (AvgIpc) is 2.27. The molecule has 0 spiro atoms. The molecule has 0 radical (unpaired) electrons. The topological polar surface area (TPSA) is 46.2 Å². The van der Waals surface area contributed by atoms with E-state index in [1.807, 2.05) is 0 Å². The number of hydrogen-bond donors (Lipinski definition) is 2. The van der Waals surface area contributed by atoms with Gasteiger partial charge >= 0.3 is 0 Å². The second kappa shape index (κ2) is 5.08. The van der Waals surface area contributed by atoms with Crippen molar-refractivity contribution in [1.29, 1.82) is 0 Å². The fraction of sp³-hybridized carbons (Fsp3) is 0.455. The molecule has 1 aromatic carbocycles. The van der Waals surface area contributed by atoms with E-state index in [9.17, 15) is 13.9 Å². The first-order valence-electron chi connectivity index (χ1n) is 5.01. The molecule has 2 nitrogen and oxygen atoms in total. The van der Waals surface area contributed by atoms with Gasteiger partial charge in [-0.1, -0.05) is 0 Å². The van der Waals surface area contributed by atoms with Crippen molar-refractivity contribution in [1.82, 2.24) is 0 Å². The Hall–Kier alpha value is -0.710. The lowest BCUT2D eigenvalue weighted by Gasteiger charge is -2.18. The van der Waals surface area contributed by atoms with E-state index in [1.54, 1.807) is 0 Å². The average molecular weight is 250 g/mol. The van der Waals surface area contributed by atoms with E-state index in [0.717, 1.165) is 12.5 Å². The lowest BCUT2D eigenvalue weighted by atomic mass is 9.98. The molecule has 0 saturated heterocycles. The van der Waals surface area contributed by atoms with Crippen molar-refractivity contribution in [3.8, 4) is 0 Å². The van der Waals surface area contributed by atoms with E-state index in [2.05, 4.69) is 0 Å². The van der Waals surface area contributed by atoms with Crippen molar-refractivity contribution in [3.63, 3.8) is 0 Å². The van der Waals surface area contributed by atoms with Gasteiger partial charge < -0.3 is 10.8 Å². The van der Waals surface area contributed by atoms with E-state index >= 15 is 0 Å². The van der Waals surface area contributed by atoms with Crippen molar-refractivity contribution in [2.45, 2.75) is 31.4 Å². The molecule has 90 valence electrons. The van der Waals surface area contributed by atoms with Gasteiger partial charge in [0.1, 0.15) is 11.6 Å². The fourth-order valence-corrected chi connectivity index (χ4v) is 2.08. The van der Waals surface area contributed by atoms with E-state index in [1.165, 1.54) is 6.07 Å². The second-order valence-corrected chi connectivity index (χ2v) is 3.96. The van der Waals surface area contributed by atoms with Crippen molar-refractivity contribution < 1.29 is 13.9 Å². The molecule has 0 saturated carbocycles. The van der Waals surface area contributed by atoms with Gasteiger partial charge in [0.05, 0.1) is 6.10 Å². The summed E-state index contributed by atoms with van der Waals surface area (Å²) in [5.41, 5.74) is 6.39. The molecule has 5 heteroatoms. The van der Waals surface area contributed by atoms with E-state index in [4.69, 9.17) is 5.73 Å². The highest BCUT2D eigenvalue weighted by Gasteiger charge is 2.26. The summed E-state index contributed by atoms with van der Waals surface area (Å²) in [6.45, 7) is 0. The summed E-state index contributed by atoms with van der Waals surface area (Å²) >= 11 is 0. The van der Waals surface area contributed by atoms with Crippen LogP contribution in [0.25, 0.3) is 0 Å². The SMILES string of the molecule is Cl.NC1CCCc2cc(F)cc(F)c2C1O. The number of nitrogens with two attached hydrogens (primary N) is 1. The molecule has 0 heterocycles. The first-order valence-corrected chi connectivity index (χ1v) is 5.01. The molecule has 3 N–H and O–H groups in total. The van der Waals surface area contributed by atoms with E-state index < -0.39 is 23.8 Å². The summed E-state index contributed by atoms with van der Waals surface area (Å²) in [5, 5.41) is 9.79. The minimum Gasteiger partial charge on any atom is -0.387 e. The Kier molecular flexibility index (Phi) is 4.24. The summed E-state index contributed by atoms with van der Waals surface area (Å²) in [5.74, 6) is -1.30. The number of rotatable bonds is 0. The first-order chi connectivity index (χ1) is 7.09. The van der Waals surface area contributed by atoms with E-state index in [0.29, 0.717) is 18.4 Å². The van der Waals surface area contributed by atoms with Crippen LogP contribution >= 0.6 is 12.4 Å². The second-order valence-electron chi connectivity index (χ2n) is 3.96. The number of benzene rings is 1. The van der Waals surface area contributed by atoms with Crippen molar-refractivity contribution in [2.75, 3.05) is 0 Å². The molecule has 16 heavy (non-hydrogen) atoms. The Bertz CT molecular complexity index is 386. The minimum atomic E-state index is -1.02. The Morgan fingerprint density at radius 2 is 2.00 bits per heavy atom. The van der Waals surface area contributed by atoms with Crippen LogP contribution in [0.2, 0.25) is 0 Å². The Balaban J connectivity index is 0.00000128. The Morgan fingerprint density at radius 1 is 1.31 bits per heavy atom. The summed E-state index contributed by atoms with van der Waals surface area (Å²) in [7, 11) is 0. The smallest absolute Gasteiger partial charge is 0.132 e. The molecule has 2 atom stereocenters. The van der Waals surface area contributed by atoms with Crippen LogP contribution in [0.1, 0.15) is 30.1 Å². The van der Waals surface area contributed by atoms with E-state index in [-0.39, 0.29) is 18.0 Å². The zero-order valence-electron chi connectivity index (χ0n) is 8.62. The van der Waals surface area contributed by atoms with Crippen LogP contribution in [0.4, 0.5) is 8.78 Å². The van der Waals surface area contributed by atoms with Crippen LogP contribution in [0.3, 0.4) is 0 Å². The zero-order chi connectivity index (χ0) is 11.0. The molecular formula is C11H14ClF2NO. The summed E-state index contributed by atoms with van der Waals surface area (Å²) < 4.78 is 26.4. The minimum absolute atomic E-state index is 0. The van der Waals surface area contributed by atoms with Gasteiger partial charge in [-0.25, -0.2) is 8.78 Å². The van der Waals surface area contributed by atoms with Gasteiger partial charge in [-0.05, 0) is 30.9 Å². The molecule has 2 unspecified atom stereocenters. The Labute approximate surface area is 98.9 Å². The van der Waals surface area contributed by atoms with Crippen molar-refractivity contribution >= 4 is 12.4 Å². The third-order valence-electron chi connectivity index (χ3n) is 2.86. The van der Waals surface area contributed by atoms with Crippen LogP contribution in [-0.4, -0.2) is 11.1 Å². The quantitative estimate of drug-likeness (QED) is 0.692. The molecule has 1 aliphatic carbocycles. The number of hydrogen-bond acceptors (Lipinski definition) is 2. The highest BCUT2D eigenvalue weighted by atomic mass is 35.5. The molecular weight excluding hydrogens is 236 g/mol. The highest BCUT2D eigenvalue weighted by Crippen LogP contribution is 2.30. The number of aliphatic hydroxyl groups is 1. The summed E-state index contributed by atoms with van der Waals surface area (Å²) in [4.78, 5) is 0. The Morgan fingerprint density at radius 3 is 2.69 bits per heavy atom. The predicted octanol–water partition coefficient (Wildman–Crippen LogP) is 2.08. The van der Waals surface area contributed by atoms with Gasteiger partial charge in [-0.2, -0.15) is 0 Å². The van der Waals surface area contributed by atoms with Crippen LogP contribution in [0.5, 0.6) is 0 Å². The molecule has 0 aliphatic heterocycles. The lowest BCUT2D eigenvalue weighted by molar-refractivity contribution is 0.140. The van der Waals surface area contributed by atoms with Crippen LogP contribution in [0, 0.1) is 11.6 Å². The lowest BCUT2D eigenvalue weighted by Crippen LogP contribution is -2.28. The maximum Gasteiger partial charge on any atom is 0.132 e. The number of aliphatic hydroxyl groups excluding tert-OH is 1. The molecule has 0 fully saturated rings. The summed E-state index contributed by atoms with van der Waals surface area (Å²) in [6.07, 6.45) is 0.905. The van der Waals surface area contributed by atoms with Crippen LogP contribution in [-0.2, 0) is 6.42 Å². The fourth-order valence-electron chi connectivity index (χ4n) is 2.08. The highest BCUT2D eigenvalue weighted by molar-refractivity contribution is 5.85. The van der Waals surface area contributed by atoms with Crippen molar-refractivity contribution in [3.05, 3.63) is 34.9 Å². The standard InChI is InChI=1S/C11H13F2NO.ClH/c12-7-4-6-2-1-3-9(14)11(15)10(6)8(13)5-7;/h4-5,9,11,15H,1-3,14H2;1H. The number of halogens is 3. The van der Waals surface area contributed by atoms with Crippen LogP contribution < -0.4 is 5.73 Å². The molecule has 0 amide bonds. The number of aryl methyl sites for hydroxylation is 1. The maximum atomic E-state index is 13.5. The monoisotopic (exact) mass is 249 g/mol. The summed E-state index contributed by atoms with van der Waals surface area (Å²) in [6, 6.07) is 1.60. The first kappa shape index (κ1) is 13.4. The van der Waals surface area contributed by atoms with Gasteiger partial charge in [-0.15, -0.1) is 12.4 Å². The molecule has 0 aromatic heterocycles. The van der Waals surface area contributed by atoms with Gasteiger partial charge in [0, 0.05) is 17.7 Å². The third-order valence-corrected chi connectivity index (χ3v) is 2.86. The molecule has 1 aromatic rings. The van der Waals surface area contributed by atoms with Gasteiger partial charge in [0.25, 0.3) is 0 Å². The van der Waals surface area contributed by atoms with Crippen molar-refractivity contribution in [2.24, 2.45) is 5.73 Å². The molecule has 1 aliphatic rings. The van der Waals surface area contributed by atoms with Crippen LogP contribution in [0.15, 0.2) is 12.1 Å². The van der Waals surface area contributed by atoms with Gasteiger partial charge in [-0.3, -0.25) is 0 Å². The maximum absolute atomic E-state index is 13.5. The third kappa shape index (κ3) is 2.34. The number of fused-ring (bicyclic) bond motifs is 1. The zero-order valence-corrected chi connectivity index (χ0v) is 9.44. The molecule has 0 bridgehead atoms. The van der Waals surface area contributed by atoms with Gasteiger partial charge in [0.15, 0.2) is 0 Å². The largest absolute Gasteiger partial charge is 0.387 e.